The van der Waals surface area contributed by atoms with Gasteiger partial charge in [0.15, 0.2) is 5.13 Å². The highest BCUT2D eigenvalue weighted by atomic mass is 32.1. The standard InChI is InChI=1S/C15H19N5O3S/c1-9-10(2)24-15(18-9)19-13-12(20(21)22)14(17-8-16-13)23-11-6-4-3-5-7-11/h8,11H,3-7H2,1-2H3,(H,16,17,18,19). The smallest absolute Gasteiger partial charge is 0.373 e. The molecule has 0 amide bonds. The van der Waals surface area contributed by atoms with Crippen LogP contribution in [0.1, 0.15) is 42.7 Å². The predicted molar refractivity (Wildman–Crippen MR) is 91.1 cm³/mol. The fourth-order valence-corrected chi connectivity index (χ4v) is 3.49. The topological polar surface area (TPSA) is 103 Å². The van der Waals surface area contributed by atoms with Gasteiger partial charge >= 0.3 is 5.69 Å². The molecular weight excluding hydrogens is 330 g/mol. The molecule has 128 valence electrons. The van der Waals surface area contributed by atoms with Crippen molar-refractivity contribution in [3.8, 4) is 5.88 Å². The average molecular weight is 349 g/mol. The number of hydrogen-bond donors (Lipinski definition) is 1. The number of thiazole rings is 1. The molecule has 9 heteroatoms. The van der Waals surface area contributed by atoms with Crippen molar-refractivity contribution >= 4 is 28.0 Å². The van der Waals surface area contributed by atoms with Crippen molar-refractivity contribution in [2.75, 3.05) is 5.32 Å². The van der Waals surface area contributed by atoms with Crippen molar-refractivity contribution in [2.45, 2.75) is 52.1 Å². The van der Waals surface area contributed by atoms with Crippen LogP contribution < -0.4 is 10.1 Å². The van der Waals surface area contributed by atoms with E-state index in [0.29, 0.717) is 5.13 Å². The molecule has 1 aliphatic rings. The van der Waals surface area contributed by atoms with E-state index in [0.717, 1.165) is 36.3 Å². The summed E-state index contributed by atoms with van der Waals surface area (Å²) in [6.07, 6.45) is 6.38. The summed E-state index contributed by atoms with van der Waals surface area (Å²) in [5.41, 5.74) is 0.645. The molecule has 2 aromatic heterocycles. The summed E-state index contributed by atoms with van der Waals surface area (Å²) in [5.74, 6) is 0.129. The van der Waals surface area contributed by atoms with E-state index in [1.54, 1.807) is 0 Å². The molecule has 0 bridgehead atoms. The molecule has 1 saturated carbocycles. The fourth-order valence-electron chi connectivity index (χ4n) is 2.67. The molecule has 1 aliphatic carbocycles. The lowest BCUT2D eigenvalue weighted by Crippen LogP contribution is -2.21. The molecule has 8 nitrogen and oxygen atoms in total. The number of rotatable bonds is 5. The molecular formula is C15H19N5O3S. The van der Waals surface area contributed by atoms with Crippen LogP contribution in [0.3, 0.4) is 0 Å². The van der Waals surface area contributed by atoms with Crippen LogP contribution in [0.4, 0.5) is 16.6 Å². The van der Waals surface area contributed by atoms with E-state index >= 15 is 0 Å². The lowest BCUT2D eigenvalue weighted by molar-refractivity contribution is -0.385. The molecule has 0 radical (unpaired) electrons. The van der Waals surface area contributed by atoms with Crippen molar-refractivity contribution in [3.05, 3.63) is 27.0 Å². The second kappa shape index (κ2) is 7.08. The Labute approximate surface area is 143 Å². The SMILES string of the molecule is Cc1nc(Nc2ncnc(OC3CCCCC3)c2[N+](=O)[O-])sc1C. The van der Waals surface area contributed by atoms with E-state index in [1.807, 2.05) is 13.8 Å². The summed E-state index contributed by atoms with van der Waals surface area (Å²) in [5, 5.41) is 15.0. The fraction of sp³-hybridized carbons (Fsp3) is 0.533. The van der Waals surface area contributed by atoms with Crippen LogP contribution >= 0.6 is 11.3 Å². The molecule has 0 spiro atoms. The third-order valence-corrected chi connectivity index (χ3v) is 5.04. The Morgan fingerprint density at radius 3 is 2.67 bits per heavy atom. The number of aryl methyl sites for hydroxylation is 2. The maximum atomic E-state index is 11.5. The van der Waals surface area contributed by atoms with Crippen molar-refractivity contribution in [1.29, 1.82) is 0 Å². The minimum absolute atomic E-state index is 0.0226. The first-order valence-electron chi connectivity index (χ1n) is 7.91. The number of nitrogens with one attached hydrogen (secondary N) is 1. The second-order valence-electron chi connectivity index (χ2n) is 5.80. The summed E-state index contributed by atoms with van der Waals surface area (Å²) in [6, 6.07) is 0. The number of aromatic nitrogens is 3. The van der Waals surface area contributed by atoms with Gasteiger partial charge in [-0.2, -0.15) is 4.98 Å². The molecule has 0 unspecified atom stereocenters. The number of hydrogen-bond acceptors (Lipinski definition) is 8. The summed E-state index contributed by atoms with van der Waals surface area (Å²) >= 11 is 1.43. The van der Waals surface area contributed by atoms with Gasteiger partial charge in [0, 0.05) is 4.88 Å². The zero-order valence-corrected chi connectivity index (χ0v) is 14.4. The van der Waals surface area contributed by atoms with E-state index in [-0.39, 0.29) is 23.5 Å². The summed E-state index contributed by atoms with van der Waals surface area (Å²) in [6.45, 7) is 3.84. The Morgan fingerprint density at radius 2 is 2.04 bits per heavy atom. The minimum Gasteiger partial charge on any atom is -0.469 e. The first-order chi connectivity index (χ1) is 11.5. The van der Waals surface area contributed by atoms with Gasteiger partial charge in [-0.1, -0.05) is 6.42 Å². The minimum atomic E-state index is -0.506. The monoisotopic (exact) mass is 349 g/mol. The molecule has 0 aliphatic heterocycles. The molecule has 3 rings (SSSR count). The zero-order valence-electron chi connectivity index (χ0n) is 13.6. The van der Waals surface area contributed by atoms with Gasteiger partial charge in [-0.25, -0.2) is 9.97 Å². The summed E-state index contributed by atoms with van der Waals surface area (Å²) < 4.78 is 5.81. The van der Waals surface area contributed by atoms with E-state index < -0.39 is 4.92 Å². The van der Waals surface area contributed by atoms with E-state index in [2.05, 4.69) is 20.3 Å². The van der Waals surface area contributed by atoms with Crippen molar-refractivity contribution in [3.63, 3.8) is 0 Å². The molecule has 2 aromatic rings. The highest BCUT2D eigenvalue weighted by Crippen LogP contribution is 2.36. The quantitative estimate of drug-likeness (QED) is 0.644. The van der Waals surface area contributed by atoms with Crippen LogP contribution in [-0.4, -0.2) is 26.0 Å². The Bertz CT molecular complexity index is 723. The van der Waals surface area contributed by atoms with Crippen LogP contribution in [0.5, 0.6) is 5.88 Å². The van der Waals surface area contributed by atoms with Crippen molar-refractivity contribution in [2.24, 2.45) is 0 Å². The first-order valence-corrected chi connectivity index (χ1v) is 8.73. The molecule has 0 aromatic carbocycles. The molecule has 1 N–H and O–H groups in total. The maximum Gasteiger partial charge on any atom is 0.373 e. The maximum absolute atomic E-state index is 11.5. The van der Waals surface area contributed by atoms with Crippen LogP contribution in [-0.2, 0) is 0 Å². The third-order valence-electron chi connectivity index (χ3n) is 4.06. The molecule has 0 saturated heterocycles. The Kier molecular flexibility index (Phi) is 4.89. The van der Waals surface area contributed by atoms with Gasteiger partial charge in [0.2, 0.25) is 5.82 Å². The highest BCUT2D eigenvalue weighted by Gasteiger charge is 2.28. The first kappa shape index (κ1) is 16.6. The Balaban J connectivity index is 1.88. The van der Waals surface area contributed by atoms with Crippen LogP contribution in [0.2, 0.25) is 0 Å². The lowest BCUT2D eigenvalue weighted by Gasteiger charge is -2.22. The largest absolute Gasteiger partial charge is 0.469 e. The predicted octanol–water partition coefficient (Wildman–Crippen LogP) is 3.91. The van der Waals surface area contributed by atoms with E-state index in [4.69, 9.17) is 4.74 Å². The molecule has 0 atom stereocenters. The van der Waals surface area contributed by atoms with Crippen LogP contribution in [0, 0.1) is 24.0 Å². The highest BCUT2D eigenvalue weighted by molar-refractivity contribution is 7.15. The lowest BCUT2D eigenvalue weighted by atomic mass is 9.98. The number of nitro groups is 1. The number of anilines is 2. The van der Waals surface area contributed by atoms with Gasteiger partial charge in [0.1, 0.15) is 12.4 Å². The van der Waals surface area contributed by atoms with Crippen molar-refractivity contribution < 1.29 is 9.66 Å². The van der Waals surface area contributed by atoms with Crippen molar-refractivity contribution in [1.82, 2.24) is 15.0 Å². The number of ether oxygens (including phenoxy) is 1. The van der Waals surface area contributed by atoms with Gasteiger partial charge in [0.05, 0.1) is 10.6 Å². The Hall–Kier alpha value is -2.29. The van der Waals surface area contributed by atoms with E-state index in [9.17, 15) is 10.1 Å². The number of nitrogens with zero attached hydrogens (tertiary/aromatic N) is 4. The van der Waals surface area contributed by atoms with Gasteiger partial charge in [-0.05, 0) is 39.5 Å². The summed E-state index contributed by atoms with van der Waals surface area (Å²) in [7, 11) is 0. The molecule has 24 heavy (non-hydrogen) atoms. The molecule has 2 heterocycles. The summed E-state index contributed by atoms with van der Waals surface area (Å²) in [4.78, 5) is 24.4. The zero-order chi connectivity index (χ0) is 17.1. The molecule has 1 fully saturated rings. The average Bonchev–Trinajstić information content (AvgIpc) is 2.86. The Morgan fingerprint density at radius 1 is 1.29 bits per heavy atom. The van der Waals surface area contributed by atoms with Gasteiger partial charge in [-0.15, -0.1) is 11.3 Å². The van der Waals surface area contributed by atoms with Crippen LogP contribution in [0.15, 0.2) is 6.33 Å². The van der Waals surface area contributed by atoms with Gasteiger partial charge in [-0.3, -0.25) is 10.1 Å². The third kappa shape index (κ3) is 3.61. The van der Waals surface area contributed by atoms with Crippen LogP contribution in [0.25, 0.3) is 0 Å². The van der Waals surface area contributed by atoms with Gasteiger partial charge in [0.25, 0.3) is 5.88 Å². The van der Waals surface area contributed by atoms with Gasteiger partial charge < -0.3 is 10.1 Å². The van der Waals surface area contributed by atoms with E-state index in [1.165, 1.54) is 24.1 Å². The normalized spacial score (nSPS) is 15.2. The second-order valence-corrected chi connectivity index (χ2v) is 7.00.